The Kier molecular flexibility index (Phi) is 7.35. The molecule has 26 heavy (non-hydrogen) atoms. The highest BCUT2D eigenvalue weighted by Crippen LogP contribution is 2.48. The minimum absolute atomic E-state index is 0.506. The SMILES string of the molecule is CC=O.CCN(CC)CCOc1nncc2c1N(C)c1ccccc1O2. The van der Waals surface area contributed by atoms with Crippen LogP contribution < -0.4 is 14.4 Å². The van der Waals surface area contributed by atoms with Crippen LogP contribution in [-0.2, 0) is 4.79 Å². The molecule has 0 amide bonds. The number of ether oxygens (including phenoxy) is 2. The molecule has 0 bridgehead atoms. The molecule has 0 unspecified atom stereocenters. The summed E-state index contributed by atoms with van der Waals surface area (Å²) in [6.45, 7) is 9.18. The number of fused-ring (bicyclic) bond motifs is 2. The Bertz CT molecular complexity index is 720. The lowest BCUT2D eigenvalue weighted by atomic mass is 10.2. The van der Waals surface area contributed by atoms with Crippen LogP contribution >= 0.6 is 0 Å². The second-order valence-electron chi connectivity index (χ2n) is 5.60. The van der Waals surface area contributed by atoms with Gasteiger partial charge >= 0.3 is 0 Å². The number of aldehydes is 1. The molecule has 0 atom stereocenters. The fourth-order valence-corrected chi connectivity index (χ4v) is 2.70. The van der Waals surface area contributed by atoms with Crippen LogP contribution in [0.15, 0.2) is 30.5 Å². The molecule has 7 heteroatoms. The molecule has 0 spiro atoms. The van der Waals surface area contributed by atoms with Gasteiger partial charge in [-0.1, -0.05) is 26.0 Å². The molecule has 3 rings (SSSR count). The van der Waals surface area contributed by atoms with Crippen molar-refractivity contribution in [2.75, 3.05) is 38.2 Å². The van der Waals surface area contributed by atoms with Crippen LogP contribution in [-0.4, -0.2) is 54.7 Å². The first-order valence-electron chi connectivity index (χ1n) is 8.77. The van der Waals surface area contributed by atoms with E-state index in [2.05, 4.69) is 28.9 Å². The lowest BCUT2D eigenvalue weighted by Gasteiger charge is -2.30. The van der Waals surface area contributed by atoms with Gasteiger partial charge in [0.05, 0.1) is 11.9 Å². The molecule has 0 aliphatic carbocycles. The van der Waals surface area contributed by atoms with Crippen LogP contribution in [0, 0.1) is 0 Å². The summed E-state index contributed by atoms with van der Waals surface area (Å²) < 4.78 is 11.8. The van der Waals surface area contributed by atoms with Gasteiger partial charge in [-0.2, -0.15) is 5.10 Å². The largest absolute Gasteiger partial charge is 0.474 e. The van der Waals surface area contributed by atoms with Crippen molar-refractivity contribution in [2.24, 2.45) is 0 Å². The molecule has 2 aromatic rings. The van der Waals surface area contributed by atoms with Crippen molar-refractivity contribution >= 4 is 17.7 Å². The number of nitrogens with zero attached hydrogens (tertiary/aromatic N) is 4. The molecular weight excluding hydrogens is 332 g/mol. The number of benzene rings is 1. The quantitative estimate of drug-likeness (QED) is 0.734. The molecule has 0 fully saturated rings. The minimum atomic E-state index is 0.506. The maximum absolute atomic E-state index is 8.81. The topological polar surface area (TPSA) is 67.8 Å². The molecular formula is C19H26N4O3. The summed E-state index contributed by atoms with van der Waals surface area (Å²) in [5, 5.41) is 8.15. The second-order valence-corrected chi connectivity index (χ2v) is 5.60. The lowest BCUT2D eigenvalue weighted by Crippen LogP contribution is -2.28. The zero-order valence-corrected chi connectivity index (χ0v) is 15.8. The first-order chi connectivity index (χ1) is 12.7. The van der Waals surface area contributed by atoms with Gasteiger partial charge in [0.2, 0.25) is 0 Å². The third-order valence-corrected chi connectivity index (χ3v) is 4.08. The number of carbonyl (C=O) groups excluding carboxylic acids is 1. The maximum atomic E-state index is 8.81. The van der Waals surface area contributed by atoms with Gasteiger partial charge in [0.25, 0.3) is 5.88 Å². The van der Waals surface area contributed by atoms with Crippen LogP contribution in [0.1, 0.15) is 20.8 Å². The fraction of sp³-hybridized carbons (Fsp3) is 0.421. The van der Waals surface area contributed by atoms with E-state index in [1.165, 1.54) is 6.92 Å². The number of anilines is 2. The minimum Gasteiger partial charge on any atom is -0.474 e. The number of aromatic nitrogens is 2. The van der Waals surface area contributed by atoms with E-state index in [1.54, 1.807) is 6.20 Å². The molecule has 0 N–H and O–H groups in total. The fourth-order valence-electron chi connectivity index (χ4n) is 2.70. The van der Waals surface area contributed by atoms with Gasteiger partial charge < -0.3 is 24.1 Å². The second kappa shape index (κ2) is 9.72. The summed E-state index contributed by atoms with van der Waals surface area (Å²) in [5.74, 6) is 1.98. The third kappa shape index (κ3) is 4.49. The predicted octanol–water partition coefficient (Wildman–Crippen LogP) is 3.28. The van der Waals surface area contributed by atoms with E-state index in [1.807, 2.05) is 36.2 Å². The zero-order chi connectivity index (χ0) is 18.9. The highest BCUT2D eigenvalue weighted by molar-refractivity contribution is 5.79. The Morgan fingerprint density at radius 3 is 2.62 bits per heavy atom. The summed E-state index contributed by atoms with van der Waals surface area (Å²) in [6.07, 6.45) is 2.37. The summed E-state index contributed by atoms with van der Waals surface area (Å²) in [4.78, 5) is 13.1. The lowest BCUT2D eigenvalue weighted by molar-refractivity contribution is -0.106. The molecule has 1 aromatic carbocycles. The average Bonchev–Trinajstić information content (AvgIpc) is 2.66. The van der Waals surface area contributed by atoms with Crippen molar-refractivity contribution in [3.63, 3.8) is 0 Å². The van der Waals surface area contributed by atoms with Gasteiger partial charge in [0.15, 0.2) is 17.2 Å². The van der Waals surface area contributed by atoms with Gasteiger partial charge in [-0.25, -0.2) is 0 Å². The van der Waals surface area contributed by atoms with Crippen molar-refractivity contribution in [1.29, 1.82) is 0 Å². The summed E-state index contributed by atoms with van der Waals surface area (Å²) >= 11 is 0. The Morgan fingerprint density at radius 1 is 1.23 bits per heavy atom. The Hall–Kier alpha value is -2.67. The monoisotopic (exact) mass is 358 g/mol. The first-order valence-corrected chi connectivity index (χ1v) is 8.77. The van der Waals surface area contributed by atoms with E-state index in [4.69, 9.17) is 14.3 Å². The maximum Gasteiger partial charge on any atom is 0.261 e. The van der Waals surface area contributed by atoms with Crippen LogP contribution in [0.4, 0.5) is 11.4 Å². The molecule has 1 aromatic heterocycles. The van der Waals surface area contributed by atoms with Gasteiger partial charge in [-0.15, -0.1) is 5.10 Å². The molecule has 0 saturated carbocycles. The number of likely N-dealkylation sites (N-methyl/N-ethyl adjacent to an activating group) is 1. The van der Waals surface area contributed by atoms with Crippen molar-refractivity contribution in [2.45, 2.75) is 20.8 Å². The van der Waals surface area contributed by atoms with E-state index in [0.717, 1.165) is 43.0 Å². The normalized spacial score (nSPS) is 11.7. The van der Waals surface area contributed by atoms with Crippen LogP contribution in [0.2, 0.25) is 0 Å². The molecule has 140 valence electrons. The average molecular weight is 358 g/mol. The smallest absolute Gasteiger partial charge is 0.261 e. The highest BCUT2D eigenvalue weighted by Gasteiger charge is 2.26. The van der Waals surface area contributed by atoms with E-state index >= 15 is 0 Å². The molecule has 0 saturated heterocycles. The summed E-state index contributed by atoms with van der Waals surface area (Å²) in [5.41, 5.74) is 1.81. The number of rotatable bonds is 6. The summed E-state index contributed by atoms with van der Waals surface area (Å²) in [7, 11) is 1.99. The van der Waals surface area contributed by atoms with E-state index in [9.17, 15) is 0 Å². The first kappa shape index (κ1) is 19.7. The van der Waals surface area contributed by atoms with Crippen LogP contribution in [0.3, 0.4) is 0 Å². The number of hydrogen-bond acceptors (Lipinski definition) is 7. The third-order valence-electron chi connectivity index (χ3n) is 4.08. The van der Waals surface area contributed by atoms with Crippen LogP contribution in [0.25, 0.3) is 0 Å². The van der Waals surface area contributed by atoms with Gasteiger partial charge in [0, 0.05) is 13.6 Å². The highest BCUT2D eigenvalue weighted by atomic mass is 16.5. The molecule has 0 radical (unpaired) electrons. The van der Waals surface area contributed by atoms with Gasteiger partial charge in [-0.3, -0.25) is 0 Å². The Balaban J connectivity index is 0.000000758. The van der Waals surface area contributed by atoms with Crippen LogP contribution in [0.5, 0.6) is 17.4 Å². The Morgan fingerprint density at radius 2 is 1.92 bits per heavy atom. The molecule has 1 aliphatic heterocycles. The predicted molar refractivity (Wildman–Crippen MR) is 102 cm³/mol. The molecule has 2 heterocycles. The van der Waals surface area contributed by atoms with E-state index in [0.29, 0.717) is 18.2 Å². The standard InChI is InChI=1S/C17H22N4O2.C2H4O/c1-4-21(5-2)10-11-22-17-16-15(12-18-19-17)23-14-9-7-6-8-13(14)20(16)3;1-2-3/h6-9,12H,4-5,10-11H2,1-3H3;2H,1H3. The van der Waals surface area contributed by atoms with Crippen molar-refractivity contribution in [3.8, 4) is 17.4 Å². The molecule has 7 nitrogen and oxygen atoms in total. The molecule has 1 aliphatic rings. The summed E-state index contributed by atoms with van der Waals surface area (Å²) in [6, 6.07) is 7.89. The Labute approximate surface area is 154 Å². The van der Waals surface area contributed by atoms with Crippen molar-refractivity contribution in [1.82, 2.24) is 15.1 Å². The number of para-hydroxylation sites is 2. The zero-order valence-electron chi connectivity index (χ0n) is 15.8. The van der Waals surface area contributed by atoms with Gasteiger partial charge in [0.1, 0.15) is 12.9 Å². The van der Waals surface area contributed by atoms with Gasteiger partial charge in [-0.05, 0) is 32.1 Å². The van der Waals surface area contributed by atoms with E-state index < -0.39 is 0 Å². The number of carbonyl (C=O) groups is 1. The van der Waals surface area contributed by atoms with E-state index in [-0.39, 0.29) is 0 Å². The van der Waals surface area contributed by atoms with Crippen molar-refractivity contribution < 1.29 is 14.3 Å². The number of hydrogen-bond donors (Lipinski definition) is 0. The van der Waals surface area contributed by atoms with Crippen molar-refractivity contribution in [3.05, 3.63) is 30.5 Å².